The van der Waals surface area contributed by atoms with Gasteiger partial charge >= 0.3 is 12.1 Å². The SMILES string of the molecule is COC(=O)/C=C/COc1ccc(Oc2ccc(C(F)(F)F)cc2)cc1. The second-order valence-electron chi connectivity index (χ2n) is 4.83. The van der Waals surface area contributed by atoms with E-state index in [4.69, 9.17) is 9.47 Å². The van der Waals surface area contributed by atoms with Crippen LogP contribution in [0.4, 0.5) is 13.2 Å². The maximum atomic E-state index is 12.5. The highest BCUT2D eigenvalue weighted by Crippen LogP contribution is 2.31. The minimum absolute atomic E-state index is 0.189. The molecule has 132 valence electrons. The van der Waals surface area contributed by atoms with Crippen LogP contribution in [-0.4, -0.2) is 19.7 Å². The van der Waals surface area contributed by atoms with Crippen molar-refractivity contribution < 1.29 is 32.2 Å². The number of rotatable bonds is 6. The molecule has 0 amide bonds. The van der Waals surface area contributed by atoms with Gasteiger partial charge in [-0.05, 0) is 54.6 Å². The molecule has 2 rings (SSSR count). The van der Waals surface area contributed by atoms with Crippen molar-refractivity contribution in [2.24, 2.45) is 0 Å². The minimum atomic E-state index is -4.38. The van der Waals surface area contributed by atoms with E-state index in [0.717, 1.165) is 12.1 Å². The van der Waals surface area contributed by atoms with Crippen LogP contribution in [0.2, 0.25) is 0 Å². The normalized spacial score (nSPS) is 11.4. The van der Waals surface area contributed by atoms with Crippen molar-refractivity contribution in [3.05, 3.63) is 66.2 Å². The maximum Gasteiger partial charge on any atom is 0.416 e. The fourth-order valence-electron chi connectivity index (χ4n) is 1.81. The Morgan fingerprint density at radius 1 is 0.960 bits per heavy atom. The van der Waals surface area contributed by atoms with E-state index in [0.29, 0.717) is 17.2 Å². The Labute approximate surface area is 142 Å². The summed E-state index contributed by atoms with van der Waals surface area (Å²) in [6.07, 6.45) is -1.61. The van der Waals surface area contributed by atoms with Gasteiger partial charge in [0.1, 0.15) is 23.9 Å². The molecule has 0 atom stereocenters. The first kappa shape index (κ1) is 18.4. The molecule has 7 heteroatoms. The van der Waals surface area contributed by atoms with Gasteiger partial charge in [0, 0.05) is 6.08 Å². The molecule has 0 aromatic heterocycles. The first-order valence-corrected chi connectivity index (χ1v) is 7.21. The van der Waals surface area contributed by atoms with Crippen LogP contribution >= 0.6 is 0 Å². The highest BCUT2D eigenvalue weighted by molar-refractivity contribution is 5.81. The van der Waals surface area contributed by atoms with Crippen molar-refractivity contribution in [2.75, 3.05) is 13.7 Å². The molecule has 0 N–H and O–H groups in total. The van der Waals surface area contributed by atoms with E-state index >= 15 is 0 Å². The number of esters is 1. The van der Waals surface area contributed by atoms with Gasteiger partial charge < -0.3 is 14.2 Å². The van der Waals surface area contributed by atoms with Crippen LogP contribution in [0, 0.1) is 0 Å². The van der Waals surface area contributed by atoms with Gasteiger partial charge in [0.05, 0.1) is 12.7 Å². The smallest absolute Gasteiger partial charge is 0.416 e. The summed E-state index contributed by atoms with van der Waals surface area (Å²) < 4.78 is 52.8. The third-order valence-corrected chi connectivity index (χ3v) is 3.04. The minimum Gasteiger partial charge on any atom is -0.490 e. The molecule has 0 unspecified atom stereocenters. The number of carbonyl (C=O) groups excluding carboxylic acids is 1. The predicted molar refractivity (Wildman–Crippen MR) is 84.6 cm³/mol. The van der Waals surface area contributed by atoms with Crippen LogP contribution in [-0.2, 0) is 15.7 Å². The second-order valence-corrected chi connectivity index (χ2v) is 4.83. The predicted octanol–water partition coefficient (Wildman–Crippen LogP) is 4.61. The monoisotopic (exact) mass is 352 g/mol. The van der Waals surface area contributed by atoms with Crippen molar-refractivity contribution in [3.8, 4) is 17.2 Å². The molecule has 0 saturated carbocycles. The van der Waals surface area contributed by atoms with Gasteiger partial charge in [-0.1, -0.05) is 0 Å². The number of alkyl halides is 3. The van der Waals surface area contributed by atoms with Crippen LogP contribution in [0.3, 0.4) is 0 Å². The van der Waals surface area contributed by atoms with Crippen LogP contribution in [0.1, 0.15) is 5.56 Å². The van der Waals surface area contributed by atoms with Gasteiger partial charge in [-0.25, -0.2) is 4.79 Å². The molecule has 2 aromatic rings. The van der Waals surface area contributed by atoms with Gasteiger partial charge in [0.15, 0.2) is 0 Å². The quantitative estimate of drug-likeness (QED) is 0.563. The lowest BCUT2D eigenvalue weighted by Crippen LogP contribution is -2.03. The zero-order valence-electron chi connectivity index (χ0n) is 13.2. The van der Waals surface area contributed by atoms with E-state index in [9.17, 15) is 18.0 Å². The maximum absolute atomic E-state index is 12.5. The van der Waals surface area contributed by atoms with Crippen molar-refractivity contribution in [1.29, 1.82) is 0 Å². The highest BCUT2D eigenvalue weighted by Gasteiger charge is 2.30. The Morgan fingerprint density at radius 3 is 2.00 bits per heavy atom. The van der Waals surface area contributed by atoms with Gasteiger partial charge in [0.2, 0.25) is 0 Å². The molecule has 0 bridgehead atoms. The summed E-state index contributed by atoms with van der Waals surface area (Å²) in [5.41, 5.74) is -0.733. The van der Waals surface area contributed by atoms with Crippen LogP contribution in [0.5, 0.6) is 17.2 Å². The first-order chi connectivity index (χ1) is 11.9. The Morgan fingerprint density at radius 2 is 1.48 bits per heavy atom. The summed E-state index contributed by atoms with van der Waals surface area (Å²) in [5.74, 6) is 0.832. The van der Waals surface area contributed by atoms with Gasteiger partial charge in [0.25, 0.3) is 0 Å². The molecule has 0 spiro atoms. The summed E-state index contributed by atoms with van der Waals surface area (Å²) in [4.78, 5) is 10.9. The Hall–Kier alpha value is -2.96. The van der Waals surface area contributed by atoms with E-state index in [2.05, 4.69) is 4.74 Å². The van der Waals surface area contributed by atoms with Crippen LogP contribution < -0.4 is 9.47 Å². The Balaban J connectivity index is 1.90. The van der Waals surface area contributed by atoms with Gasteiger partial charge in [-0.15, -0.1) is 0 Å². The average molecular weight is 352 g/mol. The molecule has 0 saturated heterocycles. The summed E-state index contributed by atoms with van der Waals surface area (Å²) >= 11 is 0. The molecule has 0 radical (unpaired) electrons. The third-order valence-electron chi connectivity index (χ3n) is 3.04. The molecule has 0 fully saturated rings. The lowest BCUT2D eigenvalue weighted by Gasteiger charge is -2.09. The van der Waals surface area contributed by atoms with Crippen molar-refractivity contribution in [2.45, 2.75) is 6.18 Å². The molecular formula is C18H15F3O4. The number of hydrogen-bond donors (Lipinski definition) is 0. The zero-order valence-corrected chi connectivity index (χ0v) is 13.2. The van der Waals surface area contributed by atoms with E-state index in [-0.39, 0.29) is 6.61 Å². The number of benzene rings is 2. The van der Waals surface area contributed by atoms with Gasteiger partial charge in [-0.3, -0.25) is 0 Å². The molecule has 0 aliphatic heterocycles. The lowest BCUT2D eigenvalue weighted by atomic mass is 10.2. The van der Waals surface area contributed by atoms with Crippen molar-refractivity contribution in [1.82, 2.24) is 0 Å². The van der Waals surface area contributed by atoms with Crippen LogP contribution in [0.15, 0.2) is 60.7 Å². The second kappa shape index (κ2) is 8.23. The molecule has 0 aliphatic rings. The number of methoxy groups -OCH3 is 1. The number of ether oxygens (including phenoxy) is 3. The number of halogens is 3. The lowest BCUT2D eigenvalue weighted by molar-refractivity contribution is -0.137. The third kappa shape index (κ3) is 5.87. The summed E-state index contributed by atoms with van der Waals surface area (Å²) in [6.45, 7) is 0.189. The molecular weight excluding hydrogens is 337 g/mol. The summed E-state index contributed by atoms with van der Waals surface area (Å²) in [5, 5.41) is 0. The fraction of sp³-hybridized carbons (Fsp3) is 0.167. The molecule has 2 aromatic carbocycles. The summed E-state index contributed by atoms with van der Waals surface area (Å²) in [7, 11) is 1.28. The van der Waals surface area contributed by atoms with Crippen molar-refractivity contribution in [3.63, 3.8) is 0 Å². The Bertz CT molecular complexity index is 719. The van der Waals surface area contributed by atoms with E-state index in [1.54, 1.807) is 24.3 Å². The highest BCUT2D eigenvalue weighted by atomic mass is 19.4. The Kier molecular flexibility index (Phi) is 6.05. The zero-order chi connectivity index (χ0) is 18.3. The van der Waals surface area contributed by atoms with E-state index in [1.807, 2.05) is 0 Å². The van der Waals surface area contributed by atoms with Crippen molar-refractivity contribution >= 4 is 5.97 Å². The largest absolute Gasteiger partial charge is 0.490 e. The molecule has 4 nitrogen and oxygen atoms in total. The fourth-order valence-corrected chi connectivity index (χ4v) is 1.81. The number of hydrogen-bond acceptors (Lipinski definition) is 4. The molecule has 25 heavy (non-hydrogen) atoms. The number of carbonyl (C=O) groups is 1. The van der Waals surface area contributed by atoms with E-state index in [1.165, 1.54) is 31.4 Å². The first-order valence-electron chi connectivity index (χ1n) is 7.21. The van der Waals surface area contributed by atoms with Gasteiger partial charge in [-0.2, -0.15) is 13.2 Å². The standard InChI is InChI=1S/C18H15F3O4/c1-23-17(22)3-2-12-24-14-8-10-16(11-9-14)25-15-6-4-13(5-7-15)18(19,20)21/h2-11H,12H2,1H3/b3-2+. The topological polar surface area (TPSA) is 44.8 Å². The molecule has 0 heterocycles. The van der Waals surface area contributed by atoms with Crippen LogP contribution in [0.25, 0.3) is 0 Å². The van der Waals surface area contributed by atoms with E-state index < -0.39 is 17.7 Å². The summed E-state index contributed by atoms with van der Waals surface area (Å²) in [6, 6.07) is 11.0. The average Bonchev–Trinajstić information content (AvgIpc) is 2.59. The molecule has 0 aliphatic carbocycles.